The molecule has 1 atom stereocenters. The van der Waals surface area contributed by atoms with E-state index >= 15 is 0 Å². The van der Waals surface area contributed by atoms with Gasteiger partial charge in [0.1, 0.15) is 11.5 Å². The first-order chi connectivity index (χ1) is 10.7. The normalized spacial score (nSPS) is 13.3. The molecule has 1 N–H and O–H groups in total. The van der Waals surface area contributed by atoms with Gasteiger partial charge in [-0.3, -0.25) is 9.69 Å². The zero-order chi connectivity index (χ0) is 17.2. The van der Waals surface area contributed by atoms with E-state index in [1.54, 1.807) is 19.3 Å². The van der Waals surface area contributed by atoms with Crippen molar-refractivity contribution in [3.05, 3.63) is 41.5 Å². The Morgan fingerprint density at radius 1 is 1.35 bits per heavy atom. The van der Waals surface area contributed by atoms with Gasteiger partial charge >= 0.3 is 0 Å². The van der Waals surface area contributed by atoms with Crippen LogP contribution in [0.1, 0.15) is 61.7 Å². The van der Waals surface area contributed by atoms with Crippen LogP contribution in [0.15, 0.2) is 27.2 Å². The first-order valence-corrected chi connectivity index (χ1v) is 7.69. The molecule has 2 aromatic rings. The standard InChI is InChI=1S/C17H25N3O3/c1-11(16-19-9-14(23-16)17(2,3)4)20(6)10-12-7-8-13(22-12)15(21)18-5/h7-9,11H,10H2,1-6H3,(H,18,21). The summed E-state index contributed by atoms with van der Waals surface area (Å²) in [7, 11) is 3.54. The maximum atomic E-state index is 11.5. The Bertz CT molecular complexity index is 667. The zero-order valence-electron chi connectivity index (χ0n) is 14.6. The van der Waals surface area contributed by atoms with Crippen molar-refractivity contribution in [3.63, 3.8) is 0 Å². The van der Waals surface area contributed by atoms with E-state index in [1.165, 1.54) is 0 Å². The van der Waals surface area contributed by atoms with Gasteiger partial charge in [-0.2, -0.15) is 0 Å². The van der Waals surface area contributed by atoms with E-state index in [-0.39, 0.29) is 17.4 Å². The summed E-state index contributed by atoms with van der Waals surface area (Å²) in [6, 6.07) is 3.49. The van der Waals surface area contributed by atoms with Crippen LogP contribution < -0.4 is 5.32 Å². The van der Waals surface area contributed by atoms with Crippen LogP contribution in [0.3, 0.4) is 0 Å². The fourth-order valence-corrected chi connectivity index (χ4v) is 2.11. The van der Waals surface area contributed by atoms with Gasteiger partial charge in [-0.05, 0) is 26.1 Å². The minimum absolute atomic E-state index is 0.000323. The van der Waals surface area contributed by atoms with Gasteiger partial charge < -0.3 is 14.2 Å². The molecule has 0 fully saturated rings. The molecule has 0 spiro atoms. The monoisotopic (exact) mass is 319 g/mol. The fourth-order valence-electron chi connectivity index (χ4n) is 2.11. The zero-order valence-corrected chi connectivity index (χ0v) is 14.6. The molecule has 0 saturated carbocycles. The van der Waals surface area contributed by atoms with Gasteiger partial charge in [-0.1, -0.05) is 20.8 Å². The van der Waals surface area contributed by atoms with Gasteiger partial charge in [0.2, 0.25) is 5.89 Å². The number of furan rings is 1. The van der Waals surface area contributed by atoms with E-state index in [2.05, 4.69) is 36.0 Å². The van der Waals surface area contributed by atoms with E-state index in [4.69, 9.17) is 8.83 Å². The molecule has 0 aromatic carbocycles. The third-order valence-electron chi connectivity index (χ3n) is 3.80. The minimum atomic E-state index is -0.227. The molecule has 6 nitrogen and oxygen atoms in total. The Hall–Kier alpha value is -2.08. The molecule has 0 saturated heterocycles. The van der Waals surface area contributed by atoms with Crippen LogP contribution in [0.2, 0.25) is 0 Å². The quantitative estimate of drug-likeness (QED) is 0.917. The van der Waals surface area contributed by atoms with Crippen molar-refractivity contribution in [2.45, 2.75) is 45.7 Å². The van der Waals surface area contributed by atoms with Crippen molar-refractivity contribution in [2.24, 2.45) is 0 Å². The number of carbonyl (C=O) groups is 1. The van der Waals surface area contributed by atoms with Crippen molar-refractivity contribution in [1.29, 1.82) is 0 Å². The molecule has 0 radical (unpaired) electrons. The second-order valence-corrected chi connectivity index (χ2v) is 6.75. The van der Waals surface area contributed by atoms with E-state index in [1.807, 2.05) is 20.0 Å². The van der Waals surface area contributed by atoms with E-state index < -0.39 is 0 Å². The Kier molecular flexibility index (Phi) is 4.94. The molecule has 6 heteroatoms. The fraction of sp³-hybridized carbons (Fsp3) is 0.529. The number of amides is 1. The molecule has 1 unspecified atom stereocenters. The predicted octanol–water partition coefficient (Wildman–Crippen LogP) is 3.12. The molecule has 2 heterocycles. The first kappa shape index (κ1) is 17.3. The van der Waals surface area contributed by atoms with Crippen LogP contribution in [0.25, 0.3) is 0 Å². The molecule has 126 valence electrons. The largest absolute Gasteiger partial charge is 0.455 e. The summed E-state index contributed by atoms with van der Waals surface area (Å²) in [6.45, 7) is 8.87. The van der Waals surface area contributed by atoms with E-state index in [9.17, 15) is 4.79 Å². The van der Waals surface area contributed by atoms with Crippen molar-refractivity contribution < 1.29 is 13.6 Å². The van der Waals surface area contributed by atoms with Crippen LogP contribution >= 0.6 is 0 Å². The Labute approximate surface area is 136 Å². The molecule has 0 bridgehead atoms. The molecule has 1 amide bonds. The third-order valence-corrected chi connectivity index (χ3v) is 3.80. The smallest absolute Gasteiger partial charge is 0.286 e. The summed E-state index contributed by atoms with van der Waals surface area (Å²) in [6.07, 6.45) is 1.79. The summed E-state index contributed by atoms with van der Waals surface area (Å²) < 4.78 is 11.4. The summed E-state index contributed by atoms with van der Waals surface area (Å²) in [5.74, 6) is 2.35. The Morgan fingerprint density at radius 2 is 2.04 bits per heavy atom. The van der Waals surface area contributed by atoms with Crippen LogP contribution in [0, 0.1) is 0 Å². The third kappa shape index (κ3) is 4.01. The van der Waals surface area contributed by atoms with Gasteiger partial charge in [0, 0.05) is 12.5 Å². The first-order valence-electron chi connectivity index (χ1n) is 7.69. The summed E-state index contributed by atoms with van der Waals surface area (Å²) in [5.41, 5.74) is -0.0625. The molecule has 0 aliphatic carbocycles. The van der Waals surface area contributed by atoms with Gasteiger partial charge in [0.15, 0.2) is 5.76 Å². The highest BCUT2D eigenvalue weighted by Gasteiger charge is 2.23. The number of hydrogen-bond acceptors (Lipinski definition) is 5. The van der Waals surface area contributed by atoms with Crippen molar-refractivity contribution in [2.75, 3.05) is 14.1 Å². The van der Waals surface area contributed by atoms with Crippen LogP contribution in [-0.2, 0) is 12.0 Å². The molecular weight excluding hydrogens is 294 g/mol. The highest BCUT2D eigenvalue weighted by Crippen LogP contribution is 2.27. The number of nitrogens with zero attached hydrogens (tertiary/aromatic N) is 2. The van der Waals surface area contributed by atoms with Gasteiger partial charge in [0.05, 0.1) is 18.8 Å². The van der Waals surface area contributed by atoms with E-state index in [0.29, 0.717) is 18.2 Å². The SMILES string of the molecule is CNC(=O)c1ccc(CN(C)C(C)c2ncc(C(C)(C)C)o2)o1. The van der Waals surface area contributed by atoms with Crippen LogP contribution in [0.5, 0.6) is 0 Å². The summed E-state index contributed by atoms with van der Waals surface area (Å²) in [5, 5.41) is 2.54. The van der Waals surface area contributed by atoms with Crippen LogP contribution in [-0.4, -0.2) is 29.9 Å². The van der Waals surface area contributed by atoms with Gasteiger partial charge in [0.25, 0.3) is 5.91 Å². The molecule has 0 aliphatic heterocycles. The second-order valence-electron chi connectivity index (χ2n) is 6.75. The number of oxazole rings is 1. The van der Waals surface area contributed by atoms with Crippen LogP contribution in [0.4, 0.5) is 0 Å². The molecule has 0 aliphatic rings. The Morgan fingerprint density at radius 3 is 2.61 bits per heavy atom. The average molecular weight is 319 g/mol. The number of carbonyl (C=O) groups excluding carboxylic acids is 1. The predicted molar refractivity (Wildman–Crippen MR) is 87.2 cm³/mol. The molecular formula is C17H25N3O3. The minimum Gasteiger partial charge on any atom is -0.455 e. The van der Waals surface area contributed by atoms with E-state index in [0.717, 1.165) is 11.5 Å². The lowest BCUT2D eigenvalue weighted by atomic mass is 9.94. The van der Waals surface area contributed by atoms with Crippen molar-refractivity contribution in [1.82, 2.24) is 15.2 Å². The summed E-state index contributed by atoms with van der Waals surface area (Å²) in [4.78, 5) is 18.0. The van der Waals surface area contributed by atoms with Gasteiger partial charge in [-0.15, -0.1) is 0 Å². The molecule has 2 rings (SSSR count). The number of hydrogen-bond donors (Lipinski definition) is 1. The summed E-state index contributed by atoms with van der Waals surface area (Å²) >= 11 is 0. The molecule has 2 aromatic heterocycles. The number of aromatic nitrogens is 1. The van der Waals surface area contributed by atoms with Gasteiger partial charge in [-0.25, -0.2) is 4.98 Å². The number of nitrogens with one attached hydrogen (secondary N) is 1. The lowest BCUT2D eigenvalue weighted by molar-refractivity contribution is 0.0931. The van der Waals surface area contributed by atoms with Crippen molar-refractivity contribution in [3.8, 4) is 0 Å². The lowest BCUT2D eigenvalue weighted by Gasteiger charge is -2.21. The topological polar surface area (TPSA) is 71.5 Å². The molecule has 23 heavy (non-hydrogen) atoms. The Balaban J connectivity index is 2.05. The maximum absolute atomic E-state index is 11.5. The maximum Gasteiger partial charge on any atom is 0.286 e. The second kappa shape index (κ2) is 6.58. The number of rotatable bonds is 5. The highest BCUT2D eigenvalue weighted by atomic mass is 16.4. The average Bonchev–Trinajstić information content (AvgIpc) is 3.14. The lowest BCUT2D eigenvalue weighted by Crippen LogP contribution is -2.22. The van der Waals surface area contributed by atoms with Crippen molar-refractivity contribution >= 4 is 5.91 Å². The highest BCUT2D eigenvalue weighted by molar-refractivity contribution is 5.91.